The molecule has 1 heterocycles. The van der Waals surface area contributed by atoms with Crippen molar-refractivity contribution in [3.63, 3.8) is 0 Å². The lowest BCUT2D eigenvalue weighted by atomic mass is 9.81. The fourth-order valence-electron chi connectivity index (χ4n) is 5.34. The van der Waals surface area contributed by atoms with E-state index in [-0.39, 0.29) is 24.9 Å². The zero-order chi connectivity index (χ0) is 27.1. The van der Waals surface area contributed by atoms with Gasteiger partial charge in [0, 0.05) is 6.42 Å². The lowest BCUT2D eigenvalue weighted by molar-refractivity contribution is -0.151. The summed E-state index contributed by atoms with van der Waals surface area (Å²) in [6.07, 6.45) is 3.64. The van der Waals surface area contributed by atoms with Crippen LogP contribution in [-0.2, 0) is 27.4 Å². The Hall–Kier alpha value is -4.33. The first-order valence-corrected chi connectivity index (χ1v) is 13.4. The molecule has 39 heavy (non-hydrogen) atoms. The molecule has 8 heteroatoms. The second kappa shape index (κ2) is 12.0. The lowest BCUT2D eigenvalue weighted by Gasteiger charge is -2.29. The van der Waals surface area contributed by atoms with E-state index in [4.69, 9.17) is 4.74 Å². The minimum absolute atomic E-state index is 0.0538. The van der Waals surface area contributed by atoms with Gasteiger partial charge in [-0.25, -0.2) is 5.10 Å². The van der Waals surface area contributed by atoms with Gasteiger partial charge >= 0.3 is 5.97 Å². The summed E-state index contributed by atoms with van der Waals surface area (Å²) in [4.78, 5) is 26.6. The molecule has 1 aliphatic carbocycles. The number of tetrazole rings is 1. The molecule has 1 aromatic heterocycles. The standard InChI is InChI=1S/C31H33N5O3/c1-22-8-7-11-26(18-22)25-14-12-23(13-15-25)19-27(29-33-35-36-34-29)32-30(38)31(16-5-6-17-31)20-28(37)39-21-24-9-3-2-4-10-24/h2-4,7-15,18,27H,5-6,16-17,19-21H2,1H3,(H,32,38)(H,33,34,35,36)/t27-/m0/s1. The fraction of sp³-hybridized carbons (Fsp3) is 0.323. The Morgan fingerprint density at radius 3 is 2.41 bits per heavy atom. The van der Waals surface area contributed by atoms with Crippen molar-refractivity contribution >= 4 is 11.9 Å². The summed E-state index contributed by atoms with van der Waals surface area (Å²) >= 11 is 0. The summed E-state index contributed by atoms with van der Waals surface area (Å²) in [5.74, 6) is -0.0409. The molecular weight excluding hydrogens is 490 g/mol. The molecule has 8 nitrogen and oxygen atoms in total. The number of benzene rings is 3. The van der Waals surface area contributed by atoms with Gasteiger partial charge in [-0.2, -0.15) is 0 Å². The smallest absolute Gasteiger partial charge is 0.307 e. The van der Waals surface area contributed by atoms with Gasteiger partial charge in [-0.05, 0) is 52.4 Å². The Labute approximate surface area is 228 Å². The minimum atomic E-state index is -0.797. The van der Waals surface area contributed by atoms with Crippen molar-refractivity contribution in [1.82, 2.24) is 25.9 Å². The monoisotopic (exact) mass is 523 g/mol. The second-order valence-electron chi connectivity index (χ2n) is 10.4. The largest absolute Gasteiger partial charge is 0.461 e. The van der Waals surface area contributed by atoms with Gasteiger partial charge in [-0.15, -0.1) is 5.10 Å². The summed E-state index contributed by atoms with van der Waals surface area (Å²) in [7, 11) is 0. The van der Waals surface area contributed by atoms with Gasteiger partial charge in [0.2, 0.25) is 5.91 Å². The summed E-state index contributed by atoms with van der Waals surface area (Å²) in [6.45, 7) is 2.28. The van der Waals surface area contributed by atoms with E-state index in [1.54, 1.807) is 0 Å². The van der Waals surface area contributed by atoms with Crippen LogP contribution in [0.15, 0.2) is 78.9 Å². The molecule has 0 radical (unpaired) electrons. The molecule has 0 saturated heterocycles. The molecule has 4 aromatic rings. The molecule has 1 atom stereocenters. The predicted molar refractivity (Wildman–Crippen MR) is 147 cm³/mol. The van der Waals surface area contributed by atoms with E-state index < -0.39 is 11.5 Å². The summed E-state index contributed by atoms with van der Waals surface area (Å²) < 4.78 is 5.54. The normalized spacial score (nSPS) is 15.0. The average Bonchev–Trinajstić information content (AvgIpc) is 3.66. The average molecular weight is 524 g/mol. The zero-order valence-corrected chi connectivity index (χ0v) is 22.1. The van der Waals surface area contributed by atoms with Crippen molar-refractivity contribution in [2.24, 2.45) is 5.41 Å². The number of carbonyl (C=O) groups excluding carboxylic acids is 2. The number of aryl methyl sites for hydroxylation is 1. The van der Waals surface area contributed by atoms with Crippen LogP contribution in [0.4, 0.5) is 0 Å². The quantitative estimate of drug-likeness (QED) is 0.274. The number of H-pyrrole nitrogens is 1. The third-order valence-corrected chi connectivity index (χ3v) is 7.51. The van der Waals surface area contributed by atoms with Gasteiger partial charge in [-0.1, -0.05) is 97.3 Å². The summed E-state index contributed by atoms with van der Waals surface area (Å²) in [5.41, 5.74) is 4.66. The zero-order valence-electron chi connectivity index (χ0n) is 22.1. The molecule has 1 aliphatic rings. The number of nitrogens with zero attached hydrogens (tertiary/aromatic N) is 3. The minimum Gasteiger partial charge on any atom is -0.461 e. The Morgan fingerprint density at radius 1 is 0.949 bits per heavy atom. The van der Waals surface area contributed by atoms with E-state index in [0.29, 0.717) is 25.1 Å². The molecule has 1 saturated carbocycles. The summed E-state index contributed by atoms with van der Waals surface area (Å²) in [5, 5.41) is 17.5. The van der Waals surface area contributed by atoms with Crippen molar-refractivity contribution in [1.29, 1.82) is 0 Å². The van der Waals surface area contributed by atoms with E-state index >= 15 is 0 Å². The maximum absolute atomic E-state index is 13.7. The van der Waals surface area contributed by atoms with E-state index in [2.05, 4.69) is 81.4 Å². The van der Waals surface area contributed by atoms with Gasteiger partial charge in [0.25, 0.3) is 0 Å². The van der Waals surface area contributed by atoms with Crippen LogP contribution in [0.3, 0.4) is 0 Å². The van der Waals surface area contributed by atoms with Crippen LogP contribution in [0.25, 0.3) is 11.1 Å². The summed E-state index contributed by atoms with van der Waals surface area (Å²) in [6, 6.07) is 25.8. The number of esters is 1. The highest BCUT2D eigenvalue weighted by atomic mass is 16.5. The van der Waals surface area contributed by atoms with Crippen molar-refractivity contribution in [3.05, 3.63) is 101 Å². The number of carbonyl (C=O) groups is 2. The highest BCUT2D eigenvalue weighted by molar-refractivity contribution is 5.88. The van der Waals surface area contributed by atoms with Crippen molar-refractivity contribution in [2.75, 3.05) is 0 Å². The second-order valence-corrected chi connectivity index (χ2v) is 10.4. The Bertz CT molecular complexity index is 1380. The van der Waals surface area contributed by atoms with Gasteiger partial charge < -0.3 is 10.1 Å². The molecule has 1 fully saturated rings. The molecule has 2 N–H and O–H groups in total. The van der Waals surface area contributed by atoms with Crippen LogP contribution in [0.2, 0.25) is 0 Å². The molecule has 1 amide bonds. The van der Waals surface area contributed by atoms with Gasteiger partial charge in [0.1, 0.15) is 6.61 Å². The fourth-order valence-corrected chi connectivity index (χ4v) is 5.34. The van der Waals surface area contributed by atoms with Crippen molar-refractivity contribution in [3.8, 4) is 11.1 Å². The molecule has 0 spiro atoms. The van der Waals surface area contributed by atoms with E-state index in [9.17, 15) is 9.59 Å². The van der Waals surface area contributed by atoms with Gasteiger partial charge in [-0.3, -0.25) is 9.59 Å². The number of aromatic amines is 1. The maximum atomic E-state index is 13.7. The van der Waals surface area contributed by atoms with Gasteiger partial charge in [0.15, 0.2) is 5.82 Å². The first-order chi connectivity index (χ1) is 19.0. The van der Waals surface area contributed by atoms with Crippen LogP contribution in [-0.4, -0.2) is 32.5 Å². The SMILES string of the molecule is Cc1cccc(-c2ccc(C[C@H](NC(=O)C3(CC(=O)OCc4ccccc4)CCCC3)c3nnn[nH]3)cc2)c1. The van der Waals surface area contributed by atoms with Crippen LogP contribution < -0.4 is 5.32 Å². The Morgan fingerprint density at radius 2 is 1.72 bits per heavy atom. The predicted octanol–water partition coefficient (Wildman–Crippen LogP) is 5.27. The lowest BCUT2D eigenvalue weighted by Crippen LogP contribution is -2.43. The highest BCUT2D eigenvalue weighted by Crippen LogP contribution is 2.42. The number of hydrogen-bond acceptors (Lipinski definition) is 6. The number of hydrogen-bond donors (Lipinski definition) is 2. The maximum Gasteiger partial charge on any atom is 0.307 e. The van der Waals surface area contributed by atoms with E-state index in [0.717, 1.165) is 35.1 Å². The topological polar surface area (TPSA) is 110 Å². The Balaban J connectivity index is 1.28. The molecule has 0 bridgehead atoms. The number of ether oxygens (including phenoxy) is 1. The number of nitrogens with one attached hydrogen (secondary N) is 2. The molecule has 0 aliphatic heterocycles. The van der Waals surface area contributed by atoms with Crippen molar-refractivity contribution < 1.29 is 14.3 Å². The van der Waals surface area contributed by atoms with E-state index in [1.165, 1.54) is 5.56 Å². The van der Waals surface area contributed by atoms with Crippen LogP contribution in [0, 0.1) is 12.3 Å². The first-order valence-electron chi connectivity index (χ1n) is 13.4. The molecular formula is C31H33N5O3. The number of amides is 1. The van der Waals surface area contributed by atoms with Gasteiger partial charge in [0.05, 0.1) is 17.9 Å². The van der Waals surface area contributed by atoms with Crippen LogP contribution in [0.5, 0.6) is 0 Å². The van der Waals surface area contributed by atoms with Crippen LogP contribution in [0.1, 0.15) is 60.7 Å². The third-order valence-electron chi connectivity index (χ3n) is 7.51. The van der Waals surface area contributed by atoms with E-state index in [1.807, 2.05) is 30.3 Å². The van der Waals surface area contributed by atoms with Crippen molar-refractivity contribution in [2.45, 2.75) is 58.1 Å². The third kappa shape index (κ3) is 6.57. The highest BCUT2D eigenvalue weighted by Gasteiger charge is 2.44. The number of rotatable bonds is 10. The molecule has 200 valence electrons. The molecule has 5 rings (SSSR count). The van der Waals surface area contributed by atoms with Crippen LogP contribution >= 0.6 is 0 Å². The Kier molecular flexibility index (Phi) is 8.10. The number of aromatic nitrogens is 4. The first kappa shape index (κ1) is 26.3. The molecule has 0 unspecified atom stereocenters. The molecule has 3 aromatic carbocycles.